The summed E-state index contributed by atoms with van der Waals surface area (Å²) in [5.74, 6) is 0.679. The summed E-state index contributed by atoms with van der Waals surface area (Å²) in [4.78, 5) is 1.85. The molecule has 1 N–H and O–H groups in total. The van der Waals surface area contributed by atoms with Gasteiger partial charge in [0.2, 0.25) is 0 Å². The fourth-order valence-corrected chi connectivity index (χ4v) is 3.47. The van der Waals surface area contributed by atoms with E-state index in [1.54, 1.807) is 0 Å². The summed E-state index contributed by atoms with van der Waals surface area (Å²) in [5, 5.41) is 3.23. The van der Waals surface area contributed by atoms with Crippen LogP contribution < -0.4 is 5.32 Å². The van der Waals surface area contributed by atoms with E-state index < -0.39 is 12.6 Å². The third-order valence-electron chi connectivity index (χ3n) is 4.12. The Morgan fingerprint density at radius 2 is 2.05 bits per heavy atom. The molecule has 2 nitrogen and oxygen atoms in total. The summed E-state index contributed by atoms with van der Waals surface area (Å²) in [5.41, 5.74) is 0.146. The molecule has 0 bridgehead atoms. The first-order valence-electron chi connectivity index (χ1n) is 7.16. The first kappa shape index (κ1) is 16.8. The van der Waals surface area contributed by atoms with E-state index in [9.17, 15) is 13.2 Å². The van der Waals surface area contributed by atoms with Crippen LogP contribution in [-0.4, -0.2) is 44.8 Å². The largest absolute Gasteiger partial charge is 0.390 e. The van der Waals surface area contributed by atoms with Crippen LogP contribution in [0.4, 0.5) is 13.2 Å². The number of hydrogen-bond donors (Lipinski definition) is 1. The van der Waals surface area contributed by atoms with Gasteiger partial charge in [0.05, 0.1) is 6.42 Å². The summed E-state index contributed by atoms with van der Waals surface area (Å²) in [6.07, 6.45) is -0.0919. The molecule has 0 aromatic heterocycles. The average molecular weight is 280 g/mol. The maximum Gasteiger partial charge on any atom is 0.390 e. The summed E-state index contributed by atoms with van der Waals surface area (Å²) in [6, 6.07) is 0. The highest BCUT2D eigenvalue weighted by atomic mass is 19.4. The van der Waals surface area contributed by atoms with Crippen molar-refractivity contribution in [3.05, 3.63) is 0 Å². The summed E-state index contributed by atoms with van der Waals surface area (Å²) in [6.45, 7) is 4.00. The molecule has 0 radical (unpaired) electrons. The van der Waals surface area contributed by atoms with Crippen molar-refractivity contribution in [1.29, 1.82) is 0 Å². The zero-order chi connectivity index (χ0) is 14.5. The highest BCUT2D eigenvalue weighted by Crippen LogP contribution is 2.39. The Morgan fingerprint density at radius 3 is 2.58 bits per heavy atom. The maximum atomic E-state index is 12.3. The lowest BCUT2D eigenvalue weighted by atomic mass is 9.69. The molecule has 1 rings (SSSR count). The zero-order valence-corrected chi connectivity index (χ0v) is 12.3. The fourth-order valence-electron chi connectivity index (χ4n) is 3.47. The first-order chi connectivity index (χ1) is 8.76. The van der Waals surface area contributed by atoms with E-state index in [-0.39, 0.29) is 12.0 Å². The molecule has 2 unspecified atom stereocenters. The van der Waals surface area contributed by atoms with Crippen LogP contribution in [0.1, 0.15) is 39.0 Å². The van der Waals surface area contributed by atoms with E-state index in [0.717, 1.165) is 25.9 Å². The van der Waals surface area contributed by atoms with E-state index in [1.807, 2.05) is 19.0 Å². The standard InChI is InChI=1S/C14H27F3N2/c1-12-5-4-6-13(9-12,10-18-2)11-19(3)8-7-14(15,16)17/h12,18H,4-11H2,1-3H3. The smallest absolute Gasteiger partial charge is 0.319 e. The second-order valence-electron chi connectivity index (χ2n) is 6.33. The van der Waals surface area contributed by atoms with E-state index in [4.69, 9.17) is 0 Å². The summed E-state index contributed by atoms with van der Waals surface area (Å²) >= 11 is 0. The minimum absolute atomic E-state index is 0.101. The number of rotatable bonds is 6. The van der Waals surface area contributed by atoms with E-state index in [1.165, 1.54) is 12.8 Å². The van der Waals surface area contributed by atoms with Crippen molar-refractivity contribution >= 4 is 0 Å². The number of hydrogen-bond acceptors (Lipinski definition) is 2. The van der Waals surface area contributed by atoms with E-state index >= 15 is 0 Å². The summed E-state index contributed by atoms with van der Waals surface area (Å²) in [7, 11) is 3.74. The highest BCUT2D eigenvalue weighted by molar-refractivity contribution is 4.89. The van der Waals surface area contributed by atoms with Gasteiger partial charge in [-0.2, -0.15) is 13.2 Å². The van der Waals surface area contributed by atoms with Crippen molar-refractivity contribution in [3.8, 4) is 0 Å². The lowest BCUT2D eigenvalue weighted by Crippen LogP contribution is -2.45. The maximum absolute atomic E-state index is 12.3. The number of nitrogens with one attached hydrogen (secondary N) is 1. The Balaban J connectivity index is 2.52. The molecule has 0 saturated heterocycles. The van der Waals surface area contributed by atoms with Crippen LogP contribution in [0.15, 0.2) is 0 Å². The minimum Gasteiger partial charge on any atom is -0.319 e. The molecular weight excluding hydrogens is 253 g/mol. The van der Waals surface area contributed by atoms with Gasteiger partial charge in [0.15, 0.2) is 0 Å². The quantitative estimate of drug-likeness (QED) is 0.803. The van der Waals surface area contributed by atoms with Gasteiger partial charge in [0, 0.05) is 19.6 Å². The molecule has 0 amide bonds. The van der Waals surface area contributed by atoms with Gasteiger partial charge in [-0.05, 0) is 38.3 Å². The van der Waals surface area contributed by atoms with Gasteiger partial charge in [0.1, 0.15) is 0 Å². The molecule has 114 valence electrons. The third kappa shape index (κ3) is 6.13. The molecule has 1 aliphatic carbocycles. The van der Waals surface area contributed by atoms with Crippen LogP contribution in [0.5, 0.6) is 0 Å². The highest BCUT2D eigenvalue weighted by Gasteiger charge is 2.36. The Labute approximate surface area is 114 Å². The van der Waals surface area contributed by atoms with Crippen LogP contribution >= 0.6 is 0 Å². The van der Waals surface area contributed by atoms with Crippen molar-refractivity contribution in [3.63, 3.8) is 0 Å². The van der Waals surface area contributed by atoms with Crippen LogP contribution in [0.2, 0.25) is 0 Å². The Hall–Kier alpha value is -0.290. The molecule has 0 aliphatic heterocycles. The van der Waals surface area contributed by atoms with Gasteiger partial charge in [-0.1, -0.05) is 19.8 Å². The van der Waals surface area contributed by atoms with Gasteiger partial charge >= 0.3 is 6.18 Å². The minimum atomic E-state index is -4.05. The van der Waals surface area contributed by atoms with Gasteiger partial charge in [-0.3, -0.25) is 0 Å². The second kappa shape index (κ2) is 6.93. The molecule has 2 atom stereocenters. The molecule has 1 saturated carbocycles. The predicted octanol–water partition coefficient (Wildman–Crippen LogP) is 3.29. The van der Waals surface area contributed by atoms with Crippen LogP contribution in [0, 0.1) is 11.3 Å². The topological polar surface area (TPSA) is 15.3 Å². The SMILES string of the molecule is CNCC1(CN(C)CCC(F)(F)F)CCCC(C)C1. The monoisotopic (exact) mass is 280 g/mol. The number of alkyl halides is 3. The third-order valence-corrected chi connectivity index (χ3v) is 4.12. The molecule has 0 aromatic rings. The van der Waals surface area contributed by atoms with Gasteiger partial charge < -0.3 is 10.2 Å². The average Bonchev–Trinajstić information content (AvgIpc) is 2.25. The fraction of sp³-hybridized carbons (Fsp3) is 1.00. The van der Waals surface area contributed by atoms with Crippen molar-refractivity contribution in [2.75, 3.05) is 33.7 Å². The Bertz CT molecular complexity index is 264. The second-order valence-corrected chi connectivity index (χ2v) is 6.33. The van der Waals surface area contributed by atoms with Gasteiger partial charge in [-0.25, -0.2) is 0 Å². The van der Waals surface area contributed by atoms with E-state index in [2.05, 4.69) is 12.2 Å². The van der Waals surface area contributed by atoms with Crippen LogP contribution in [0.25, 0.3) is 0 Å². The lowest BCUT2D eigenvalue weighted by molar-refractivity contribution is -0.138. The zero-order valence-electron chi connectivity index (χ0n) is 12.3. The van der Waals surface area contributed by atoms with Crippen LogP contribution in [0.3, 0.4) is 0 Å². The Kier molecular flexibility index (Phi) is 6.12. The molecule has 0 spiro atoms. The molecule has 5 heteroatoms. The van der Waals surface area contributed by atoms with Gasteiger partial charge in [0.25, 0.3) is 0 Å². The van der Waals surface area contributed by atoms with Crippen molar-refractivity contribution in [2.24, 2.45) is 11.3 Å². The number of halogens is 3. The molecule has 0 heterocycles. The molecule has 1 fully saturated rings. The molecule has 0 aromatic carbocycles. The molecule has 1 aliphatic rings. The molecular formula is C14H27F3N2. The summed E-state index contributed by atoms with van der Waals surface area (Å²) < 4.78 is 36.8. The first-order valence-corrected chi connectivity index (χ1v) is 7.16. The lowest BCUT2D eigenvalue weighted by Gasteiger charge is -2.42. The number of nitrogens with zero attached hydrogens (tertiary/aromatic N) is 1. The van der Waals surface area contributed by atoms with Gasteiger partial charge in [-0.15, -0.1) is 0 Å². The van der Waals surface area contributed by atoms with E-state index in [0.29, 0.717) is 5.92 Å². The van der Waals surface area contributed by atoms with Crippen LogP contribution in [-0.2, 0) is 0 Å². The molecule has 19 heavy (non-hydrogen) atoms. The predicted molar refractivity (Wildman–Crippen MR) is 72.2 cm³/mol. The normalized spacial score (nSPS) is 28.9. The van der Waals surface area contributed by atoms with Crippen molar-refractivity contribution in [2.45, 2.75) is 45.2 Å². The van der Waals surface area contributed by atoms with Crippen molar-refractivity contribution in [1.82, 2.24) is 10.2 Å². The Morgan fingerprint density at radius 1 is 1.37 bits per heavy atom. The van der Waals surface area contributed by atoms with Crippen molar-refractivity contribution < 1.29 is 13.2 Å².